The Hall–Kier alpha value is -2.09. The van der Waals surface area contributed by atoms with Gasteiger partial charge in [0.15, 0.2) is 0 Å². The normalized spacial score (nSPS) is 11.5. The lowest BCUT2D eigenvalue weighted by Gasteiger charge is -2.14. The molecule has 21 heavy (non-hydrogen) atoms. The fourth-order valence-electron chi connectivity index (χ4n) is 1.66. The van der Waals surface area contributed by atoms with Crippen LogP contribution in [0, 0.1) is 6.92 Å². The Balaban J connectivity index is 2.65. The van der Waals surface area contributed by atoms with Crippen LogP contribution in [0.3, 0.4) is 0 Å². The minimum Gasteiger partial charge on any atom is -0.481 e. The molecule has 8 heteroatoms. The molecule has 0 heterocycles. The highest BCUT2D eigenvalue weighted by molar-refractivity contribution is 9.10. The molecule has 0 aliphatic carbocycles. The number of carbonyl (C=O) groups is 3. The van der Waals surface area contributed by atoms with E-state index < -0.39 is 24.0 Å². The number of hydrogen-bond acceptors (Lipinski definition) is 3. The number of aliphatic carboxylic acids is 2. The van der Waals surface area contributed by atoms with E-state index in [4.69, 9.17) is 10.2 Å². The standard InChI is InChI=1S/C13H15BrN2O5/c1-7-4-8(14)6-9(5-7)15-13(21)16-10(12(19)20)2-3-11(17)18/h4-6,10H,2-3H2,1H3,(H,17,18)(H,19,20)(H2,15,16,21). The van der Waals surface area contributed by atoms with Gasteiger partial charge in [-0.1, -0.05) is 15.9 Å². The van der Waals surface area contributed by atoms with Gasteiger partial charge in [0, 0.05) is 16.6 Å². The maximum atomic E-state index is 11.7. The average Bonchev–Trinajstić information content (AvgIpc) is 2.32. The monoisotopic (exact) mass is 358 g/mol. The first-order valence-corrected chi connectivity index (χ1v) is 6.86. The number of halogens is 1. The summed E-state index contributed by atoms with van der Waals surface area (Å²) in [5.41, 5.74) is 1.42. The quantitative estimate of drug-likeness (QED) is 0.622. The predicted molar refractivity (Wildman–Crippen MR) is 79.3 cm³/mol. The van der Waals surface area contributed by atoms with Crippen LogP contribution in [0.2, 0.25) is 0 Å². The zero-order valence-electron chi connectivity index (χ0n) is 11.2. The van der Waals surface area contributed by atoms with Crippen molar-refractivity contribution in [3.05, 3.63) is 28.2 Å². The van der Waals surface area contributed by atoms with Crippen LogP contribution in [0.1, 0.15) is 18.4 Å². The van der Waals surface area contributed by atoms with Crippen LogP contribution in [0.4, 0.5) is 10.5 Å². The van der Waals surface area contributed by atoms with Gasteiger partial charge in [-0.05, 0) is 37.1 Å². The van der Waals surface area contributed by atoms with E-state index in [1.54, 1.807) is 12.1 Å². The molecule has 0 bridgehead atoms. The summed E-state index contributed by atoms with van der Waals surface area (Å²) >= 11 is 3.29. The van der Waals surface area contributed by atoms with Crippen molar-refractivity contribution in [1.82, 2.24) is 5.32 Å². The maximum Gasteiger partial charge on any atom is 0.326 e. The summed E-state index contributed by atoms with van der Waals surface area (Å²) in [4.78, 5) is 33.2. The summed E-state index contributed by atoms with van der Waals surface area (Å²) in [6.45, 7) is 1.85. The number of carboxylic acids is 2. The van der Waals surface area contributed by atoms with Crippen molar-refractivity contribution in [2.24, 2.45) is 0 Å². The minimum absolute atomic E-state index is 0.185. The van der Waals surface area contributed by atoms with Gasteiger partial charge in [-0.15, -0.1) is 0 Å². The maximum absolute atomic E-state index is 11.7. The minimum atomic E-state index is -1.28. The lowest BCUT2D eigenvalue weighted by Crippen LogP contribution is -2.43. The van der Waals surface area contributed by atoms with E-state index in [9.17, 15) is 14.4 Å². The molecule has 7 nitrogen and oxygen atoms in total. The number of benzene rings is 1. The first-order valence-electron chi connectivity index (χ1n) is 6.07. The number of carboxylic acid groups (broad SMARTS) is 2. The van der Waals surface area contributed by atoms with Gasteiger partial charge in [0.1, 0.15) is 6.04 Å². The highest BCUT2D eigenvalue weighted by Gasteiger charge is 2.20. The molecule has 0 saturated heterocycles. The van der Waals surface area contributed by atoms with Gasteiger partial charge in [-0.2, -0.15) is 0 Å². The second-order valence-corrected chi connectivity index (χ2v) is 5.35. The zero-order chi connectivity index (χ0) is 16.0. The molecule has 1 aromatic carbocycles. The number of hydrogen-bond donors (Lipinski definition) is 4. The van der Waals surface area contributed by atoms with Gasteiger partial charge in [-0.3, -0.25) is 4.79 Å². The summed E-state index contributed by atoms with van der Waals surface area (Å²) in [6, 6.07) is 3.28. The number of anilines is 1. The molecule has 1 unspecified atom stereocenters. The van der Waals surface area contributed by atoms with Crippen LogP contribution in [0.25, 0.3) is 0 Å². The van der Waals surface area contributed by atoms with E-state index in [2.05, 4.69) is 26.6 Å². The highest BCUT2D eigenvalue weighted by atomic mass is 79.9. The SMILES string of the molecule is Cc1cc(Br)cc(NC(=O)NC(CCC(=O)O)C(=O)O)c1. The molecule has 2 amide bonds. The molecule has 1 atom stereocenters. The highest BCUT2D eigenvalue weighted by Crippen LogP contribution is 2.18. The van der Waals surface area contributed by atoms with Crippen LogP contribution in [0.15, 0.2) is 22.7 Å². The van der Waals surface area contributed by atoms with Crippen molar-refractivity contribution in [3.8, 4) is 0 Å². The Morgan fingerprint density at radius 1 is 1.24 bits per heavy atom. The van der Waals surface area contributed by atoms with Gasteiger partial charge < -0.3 is 20.8 Å². The van der Waals surface area contributed by atoms with E-state index in [0.717, 1.165) is 10.0 Å². The fraction of sp³-hybridized carbons (Fsp3) is 0.308. The number of nitrogens with one attached hydrogen (secondary N) is 2. The Morgan fingerprint density at radius 2 is 1.90 bits per heavy atom. The molecule has 0 fully saturated rings. The van der Waals surface area contributed by atoms with Crippen molar-refractivity contribution >= 4 is 39.6 Å². The van der Waals surface area contributed by atoms with Crippen LogP contribution in [-0.2, 0) is 9.59 Å². The molecule has 0 saturated carbocycles. The summed E-state index contributed by atoms with van der Waals surface area (Å²) in [5.74, 6) is -2.40. The Morgan fingerprint density at radius 3 is 2.43 bits per heavy atom. The van der Waals surface area contributed by atoms with Crippen molar-refractivity contribution in [2.45, 2.75) is 25.8 Å². The molecule has 0 aliphatic rings. The third kappa shape index (κ3) is 6.26. The average molecular weight is 359 g/mol. The Kier molecular flexibility index (Phi) is 6.16. The predicted octanol–water partition coefficient (Wildman–Crippen LogP) is 2.20. The third-order valence-electron chi connectivity index (χ3n) is 2.55. The first-order chi connectivity index (χ1) is 9.77. The number of aryl methyl sites for hydroxylation is 1. The smallest absolute Gasteiger partial charge is 0.326 e. The van der Waals surface area contributed by atoms with E-state index in [0.29, 0.717) is 5.69 Å². The lowest BCUT2D eigenvalue weighted by molar-refractivity contribution is -0.140. The molecule has 0 aliphatic heterocycles. The number of rotatable bonds is 6. The zero-order valence-corrected chi connectivity index (χ0v) is 12.8. The lowest BCUT2D eigenvalue weighted by atomic mass is 10.1. The summed E-state index contributed by atoms with van der Waals surface area (Å²) in [6.07, 6.45) is -0.525. The third-order valence-corrected chi connectivity index (χ3v) is 3.01. The second-order valence-electron chi connectivity index (χ2n) is 4.44. The Bertz CT molecular complexity index is 541. The van der Waals surface area contributed by atoms with Crippen molar-refractivity contribution in [2.75, 3.05) is 5.32 Å². The molecule has 0 radical (unpaired) electrons. The van der Waals surface area contributed by atoms with Gasteiger partial charge in [0.2, 0.25) is 0 Å². The molecule has 114 valence electrons. The molecular formula is C13H15BrN2O5. The largest absolute Gasteiger partial charge is 0.481 e. The summed E-state index contributed by atoms with van der Waals surface area (Å²) in [5, 5.41) is 22.2. The molecule has 0 aromatic heterocycles. The summed E-state index contributed by atoms with van der Waals surface area (Å²) < 4.78 is 0.776. The Labute approximate surface area is 129 Å². The number of urea groups is 1. The van der Waals surface area contributed by atoms with Crippen molar-refractivity contribution in [1.29, 1.82) is 0 Å². The topological polar surface area (TPSA) is 116 Å². The molecule has 0 spiro atoms. The van der Waals surface area contributed by atoms with E-state index in [1.165, 1.54) is 0 Å². The molecule has 1 rings (SSSR count). The van der Waals surface area contributed by atoms with E-state index in [-0.39, 0.29) is 12.8 Å². The van der Waals surface area contributed by atoms with Gasteiger partial charge >= 0.3 is 18.0 Å². The second kappa shape index (κ2) is 7.63. The fourth-order valence-corrected chi connectivity index (χ4v) is 2.27. The first kappa shape index (κ1) is 17.0. The van der Waals surface area contributed by atoms with Crippen LogP contribution in [0.5, 0.6) is 0 Å². The molecule has 1 aromatic rings. The number of amides is 2. The molecule has 4 N–H and O–H groups in total. The van der Waals surface area contributed by atoms with Gasteiger partial charge in [-0.25, -0.2) is 9.59 Å². The summed E-state index contributed by atoms with van der Waals surface area (Å²) in [7, 11) is 0. The van der Waals surface area contributed by atoms with Gasteiger partial charge in [0.25, 0.3) is 0 Å². The van der Waals surface area contributed by atoms with Crippen molar-refractivity contribution in [3.63, 3.8) is 0 Å². The van der Waals surface area contributed by atoms with Crippen LogP contribution in [-0.4, -0.2) is 34.2 Å². The van der Waals surface area contributed by atoms with Crippen LogP contribution >= 0.6 is 15.9 Å². The van der Waals surface area contributed by atoms with Crippen molar-refractivity contribution < 1.29 is 24.6 Å². The number of carbonyl (C=O) groups excluding carboxylic acids is 1. The van der Waals surface area contributed by atoms with Gasteiger partial charge in [0.05, 0.1) is 0 Å². The van der Waals surface area contributed by atoms with E-state index in [1.807, 2.05) is 13.0 Å². The van der Waals surface area contributed by atoms with Crippen LogP contribution < -0.4 is 10.6 Å². The van der Waals surface area contributed by atoms with E-state index >= 15 is 0 Å². The molecular weight excluding hydrogens is 344 g/mol.